The molecule has 0 amide bonds. The summed E-state index contributed by atoms with van der Waals surface area (Å²) in [4.78, 5) is 12.1. The van der Waals surface area contributed by atoms with Crippen LogP contribution in [-0.2, 0) is 28.5 Å². The third-order valence-corrected chi connectivity index (χ3v) is 7.40. The van der Waals surface area contributed by atoms with E-state index in [2.05, 4.69) is 19.6 Å². The summed E-state index contributed by atoms with van der Waals surface area (Å²) in [7, 11) is 0.113. The lowest BCUT2D eigenvalue weighted by Gasteiger charge is -2.34. The van der Waals surface area contributed by atoms with Crippen molar-refractivity contribution in [2.75, 3.05) is 20.5 Å². The molecule has 0 aromatic rings. The molecule has 28 heavy (non-hydrogen) atoms. The van der Waals surface area contributed by atoms with Crippen LogP contribution in [0, 0.1) is 0 Å². The zero-order valence-corrected chi connectivity index (χ0v) is 18.4. The number of carbonyl (C=O) groups excluding carboxylic acids is 1. The topological polar surface area (TPSA) is 83.5 Å². The SMILES string of the molecule is COC(=O)C1=C[C@H]2OC3(CCCCC3)O[C@H]2[C@H](OCOCC[Si](C)(C)C)[C@@H]1O. The Kier molecular flexibility index (Phi) is 6.99. The smallest absolute Gasteiger partial charge is 0.336 e. The van der Waals surface area contributed by atoms with Crippen molar-refractivity contribution < 1.29 is 33.6 Å². The lowest BCUT2D eigenvalue weighted by molar-refractivity contribution is -0.213. The minimum atomic E-state index is -1.18. The van der Waals surface area contributed by atoms with Crippen LogP contribution in [0.5, 0.6) is 0 Å². The fourth-order valence-corrected chi connectivity index (χ4v) is 4.81. The highest BCUT2D eigenvalue weighted by Crippen LogP contribution is 2.44. The Morgan fingerprint density at radius 1 is 1.25 bits per heavy atom. The molecule has 2 aliphatic carbocycles. The molecule has 160 valence electrons. The fraction of sp³-hybridized carbons (Fsp3) is 0.850. The largest absolute Gasteiger partial charge is 0.466 e. The summed E-state index contributed by atoms with van der Waals surface area (Å²) in [6, 6.07) is 1.03. The number of aliphatic hydroxyl groups excluding tert-OH is 1. The van der Waals surface area contributed by atoms with Gasteiger partial charge in [-0.2, -0.15) is 0 Å². The van der Waals surface area contributed by atoms with E-state index in [1.807, 2.05) is 0 Å². The van der Waals surface area contributed by atoms with Gasteiger partial charge in [-0.05, 0) is 25.0 Å². The zero-order chi connectivity index (χ0) is 20.4. The number of rotatable bonds is 7. The van der Waals surface area contributed by atoms with Gasteiger partial charge in [0.15, 0.2) is 5.79 Å². The Hall–Kier alpha value is -0.773. The molecular formula is C20H34O7Si. The molecule has 1 saturated carbocycles. The van der Waals surface area contributed by atoms with Crippen molar-refractivity contribution in [3.63, 3.8) is 0 Å². The summed E-state index contributed by atoms with van der Waals surface area (Å²) >= 11 is 0. The van der Waals surface area contributed by atoms with E-state index in [1.165, 1.54) is 13.5 Å². The first-order valence-electron chi connectivity index (χ1n) is 10.3. The lowest BCUT2D eigenvalue weighted by atomic mass is 9.89. The second-order valence-corrected chi connectivity index (χ2v) is 14.8. The Labute approximate surface area is 168 Å². The van der Waals surface area contributed by atoms with Gasteiger partial charge >= 0.3 is 5.97 Å². The van der Waals surface area contributed by atoms with E-state index >= 15 is 0 Å². The van der Waals surface area contributed by atoms with Gasteiger partial charge < -0.3 is 28.8 Å². The molecule has 0 bridgehead atoms. The summed E-state index contributed by atoms with van der Waals surface area (Å²) in [5.74, 6) is -1.22. The Balaban J connectivity index is 1.68. The molecule has 4 atom stereocenters. The maximum Gasteiger partial charge on any atom is 0.336 e. The fourth-order valence-electron chi connectivity index (χ4n) is 4.06. The molecule has 1 aliphatic heterocycles. The van der Waals surface area contributed by atoms with Crippen LogP contribution in [0.4, 0.5) is 0 Å². The van der Waals surface area contributed by atoms with Crippen LogP contribution in [-0.4, -0.2) is 69.9 Å². The quantitative estimate of drug-likeness (QED) is 0.297. The maximum absolute atomic E-state index is 12.1. The second kappa shape index (κ2) is 8.93. The van der Waals surface area contributed by atoms with Gasteiger partial charge in [0, 0.05) is 27.5 Å². The van der Waals surface area contributed by atoms with Gasteiger partial charge in [-0.25, -0.2) is 4.79 Å². The van der Waals surface area contributed by atoms with Gasteiger partial charge in [-0.3, -0.25) is 0 Å². The van der Waals surface area contributed by atoms with Crippen molar-refractivity contribution in [3.8, 4) is 0 Å². The average molecular weight is 415 g/mol. The second-order valence-electron chi connectivity index (χ2n) is 9.16. The first-order chi connectivity index (χ1) is 13.2. The molecular weight excluding hydrogens is 380 g/mol. The Morgan fingerprint density at radius 2 is 1.96 bits per heavy atom. The molecule has 3 aliphatic rings. The summed E-state index contributed by atoms with van der Waals surface area (Å²) in [6.07, 6.45) is 3.73. The van der Waals surface area contributed by atoms with E-state index in [1.54, 1.807) is 6.08 Å². The number of hydrogen-bond acceptors (Lipinski definition) is 7. The van der Waals surface area contributed by atoms with Crippen LogP contribution in [0.2, 0.25) is 25.7 Å². The van der Waals surface area contributed by atoms with Crippen molar-refractivity contribution in [2.24, 2.45) is 0 Å². The third-order valence-electron chi connectivity index (χ3n) is 5.70. The van der Waals surface area contributed by atoms with Crippen LogP contribution >= 0.6 is 0 Å². The highest BCUT2D eigenvalue weighted by molar-refractivity contribution is 6.76. The molecule has 3 rings (SSSR count). The molecule has 8 heteroatoms. The van der Waals surface area contributed by atoms with E-state index < -0.39 is 44.2 Å². The van der Waals surface area contributed by atoms with Gasteiger partial charge in [0.2, 0.25) is 0 Å². The van der Waals surface area contributed by atoms with Gasteiger partial charge in [-0.1, -0.05) is 26.1 Å². The molecule has 1 heterocycles. The predicted molar refractivity (Wildman–Crippen MR) is 106 cm³/mol. The van der Waals surface area contributed by atoms with Gasteiger partial charge in [0.1, 0.15) is 31.2 Å². The molecule has 1 saturated heterocycles. The highest BCUT2D eigenvalue weighted by atomic mass is 28.3. The minimum absolute atomic E-state index is 0.0419. The Bertz CT molecular complexity index is 580. The number of fused-ring (bicyclic) bond motifs is 1. The number of aliphatic hydroxyl groups is 1. The average Bonchev–Trinajstić information content (AvgIpc) is 2.99. The zero-order valence-electron chi connectivity index (χ0n) is 17.4. The van der Waals surface area contributed by atoms with Crippen molar-refractivity contribution in [2.45, 2.75) is 88.0 Å². The van der Waals surface area contributed by atoms with Crippen molar-refractivity contribution in [1.82, 2.24) is 0 Å². The van der Waals surface area contributed by atoms with Gasteiger partial charge in [0.05, 0.1) is 12.7 Å². The number of methoxy groups -OCH3 is 1. The number of esters is 1. The van der Waals surface area contributed by atoms with Crippen LogP contribution in [0.3, 0.4) is 0 Å². The molecule has 2 fully saturated rings. The monoisotopic (exact) mass is 414 g/mol. The van der Waals surface area contributed by atoms with Crippen LogP contribution in [0.1, 0.15) is 32.1 Å². The summed E-state index contributed by atoms with van der Waals surface area (Å²) in [5, 5.41) is 10.8. The molecule has 1 N–H and O–H groups in total. The molecule has 0 radical (unpaired) electrons. The van der Waals surface area contributed by atoms with Crippen LogP contribution < -0.4 is 0 Å². The van der Waals surface area contributed by atoms with E-state index in [-0.39, 0.29) is 12.4 Å². The summed E-state index contributed by atoms with van der Waals surface area (Å²) in [6.45, 7) is 7.52. The van der Waals surface area contributed by atoms with Gasteiger partial charge in [0.25, 0.3) is 0 Å². The normalized spacial score (nSPS) is 32.1. The molecule has 0 aromatic carbocycles. The Morgan fingerprint density at radius 3 is 2.61 bits per heavy atom. The van der Waals surface area contributed by atoms with Crippen molar-refractivity contribution in [3.05, 3.63) is 11.6 Å². The van der Waals surface area contributed by atoms with Crippen LogP contribution in [0.25, 0.3) is 0 Å². The first-order valence-corrected chi connectivity index (χ1v) is 14.0. The molecule has 0 aromatic heterocycles. The molecule has 1 spiro atoms. The lowest BCUT2D eigenvalue weighted by Crippen LogP contribution is -2.50. The van der Waals surface area contributed by atoms with E-state index in [4.69, 9.17) is 23.7 Å². The number of ether oxygens (including phenoxy) is 5. The van der Waals surface area contributed by atoms with Gasteiger partial charge in [-0.15, -0.1) is 0 Å². The van der Waals surface area contributed by atoms with E-state index in [0.29, 0.717) is 6.61 Å². The third kappa shape index (κ3) is 5.04. The van der Waals surface area contributed by atoms with E-state index in [0.717, 1.165) is 31.7 Å². The highest BCUT2D eigenvalue weighted by Gasteiger charge is 2.55. The van der Waals surface area contributed by atoms with Crippen molar-refractivity contribution >= 4 is 14.0 Å². The molecule has 7 nitrogen and oxygen atoms in total. The van der Waals surface area contributed by atoms with Crippen molar-refractivity contribution in [1.29, 1.82) is 0 Å². The summed E-state index contributed by atoms with van der Waals surface area (Å²) < 4.78 is 28.9. The molecule has 0 unspecified atom stereocenters. The first kappa shape index (κ1) is 21.9. The minimum Gasteiger partial charge on any atom is -0.466 e. The standard InChI is InChI=1S/C20H34O7Si/c1-23-19(22)14-12-15-17(27-20(26-15)8-6-5-7-9-20)18(16(14)21)25-13-24-10-11-28(2,3)4/h12,15-18,21H,5-11,13H2,1-4H3/t15-,16-,17-,18-/m1/s1. The van der Waals surface area contributed by atoms with E-state index in [9.17, 15) is 9.90 Å². The predicted octanol–water partition coefficient (Wildman–Crippen LogP) is 2.60. The number of carbonyl (C=O) groups is 1. The number of hydrogen-bond donors (Lipinski definition) is 1. The van der Waals surface area contributed by atoms with Crippen LogP contribution in [0.15, 0.2) is 11.6 Å². The maximum atomic E-state index is 12.1. The summed E-state index contributed by atoms with van der Waals surface area (Å²) in [5.41, 5.74) is 0.160.